The third-order valence-corrected chi connectivity index (χ3v) is 2.22. The molecule has 1 N–H and O–H groups in total. The highest BCUT2D eigenvalue weighted by Crippen LogP contribution is 2.16. The molecule has 4 nitrogen and oxygen atoms in total. The van der Waals surface area contributed by atoms with E-state index in [0.29, 0.717) is 0 Å². The van der Waals surface area contributed by atoms with Crippen LogP contribution in [0.15, 0.2) is 41.2 Å². The van der Waals surface area contributed by atoms with Crippen LogP contribution in [0.1, 0.15) is 0 Å². The van der Waals surface area contributed by atoms with Crippen LogP contribution < -0.4 is 5.56 Å². The fourth-order valence-electron chi connectivity index (χ4n) is 1.60. The third kappa shape index (κ3) is 0.877. The van der Waals surface area contributed by atoms with Gasteiger partial charge in [0, 0.05) is 11.5 Å². The van der Waals surface area contributed by atoms with E-state index in [2.05, 4.69) is 10.2 Å². The molecule has 14 heavy (non-hydrogen) atoms. The van der Waals surface area contributed by atoms with Crippen molar-refractivity contribution in [2.75, 3.05) is 0 Å². The average molecular weight is 185 g/mol. The number of H-pyrrole nitrogens is 1. The first-order valence-electron chi connectivity index (χ1n) is 4.31. The van der Waals surface area contributed by atoms with E-state index in [1.54, 1.807) is 6.07 Å². The first-order valence-corrected chi connectivity index (χ1v) is 4.31. The molecule has 0 saturated heterocycles. The minimum Gasteiger partial charge on any atom is -0.268 e. The molecule has 0 aliphatic carbocycles. The van der Waals surface area contributed by atoms with Gasteiger partial charge in [0.05, 0.1) is 11.0 Å². The van der Waals surface area contributed by atoms with E-state index in [0.717, 1.165) is 16.4 Å². The minimum atomic E-state index is -0.148. The lowest BCUT2D eigenvalue weighted by molar-refractivity contribution is 0.792. The summed E-state index contributed by atoms with van der Waals surface area (Å²) >= 11 is 0. The van der Waals surface area contributed by atoms with Gasteiger partial charge in [-0.05, 0) is 12.1 Å². The van der Waals surface area contributed by atoms with Crippen LogP contribution in [0.5, 0.6) is 0 Å². The smallest absolute Gasteiger partial charge is 0.264 e. The molecule has 0 aliphatic heterocycles. The van der Waals surface area contributed by atoms with Gasteiger partial charge in [0.25, 0.3) is 5.56 Å². The van der Waals surface area contributed by atoms with Crippen LogP contribution in [-0.4, -0.2) is 14.8 Å². The van der Waals surface area contributed by atoms with E-state index in [-0.39, 0.29) is 5.56 Å². The monoisotopic (exact) mass is 185 g/mol. The highest BCUT2D eigenvalue weighted by molar-refractivity contribution is 5.93. The number of fused-ring (bicyclic) bond motifs is 3. The Hall–Kier alpha value is -2.10. The Morgan fingerprint density at radius 1 is 1.14 bits per heavy atom. The summed E-state index contributed by atoms with van der Waals surface area (Å²) in [6, 6.07) is 11.1. The maximum atomic E-state index is 11.0. The Balaban J connectivity index is 2.63. The molecule has 0 fully saturated rings. The molecule has 0 bridgehead atoms. The van der Waals surface area contributed by atoms with Gasteiger partial charge in [0.15, 0.2) is 0 Å². The van der Waals surface area contributed by atoms with E-state index in [4.69, 9.17) is 0 Å². The zero-order valence-corrected chi connectivity index (χ0v) is 7.27. The van der Waals surface area contributed by atoms with Gasteiger partial charge in [-0.25, -0.2) is 5.10 Å². The van der Waals surface area contributed by atoms with Gasteiger partial charge in [0.2, 0.25) is 0 Å². The van der Waals surface area contributed by atoms with E-state index < -0.39 is 0 Å². The lowest BCUT2D eigenvalue weighted by Gasteiger charge is -1.89. The molecule has 3 rings (SSSR count). The minimum absolute atomic E-state index is 0.148. The molecule has 4 heteroatoms. The molecule has 68 valence electrons. The van der Waals surface area contributed by atoms with E-state index in [9.17, 15) is 4.79 Å². The summed E-state index contributed by atoms with van der Waals surface area (Å²) in [4.78, 5) is 11.0. The summed E-state index contributed by atoms with van der Waals surface area (Å²) in [5, 5.41) is 7.91. The Morgan fingerprint density at radius 3 is 2.93 bits per heavy atom. The van der Waals surface area contributed by atoms with Crippen LogP contribution in [0.25, 0.3) is 16.4 Å². The second-order valence-corrected chi connectivity index (χ2v) is 3.12. The molecule has 0 saturated carbocycles. The van der Waals surface area contributed by atoms with Crippen molar-refractivity contribution in [2.45, 2.75) is 0 Å². The third-order valence-electron chi connectivity index (χ3n) is 2.22. The van der Waals surface area contributed by atoms with Crippen molar-refractivity contribution in [3.05, 3.63) is 46.8 Å². The Bertz CT molecular complexity index is 665. The van der Waals surface area contributed by atoms with Crippen LogP contribution in [0.4, 0.5) is 0 Å². The van der Waals surface area contributed by atoms with Crippen LogP contribution in [0.3, 0.4) is 0 Å². The van der Waals surface area contributed by atoms with Gasteiger partial charge >= 0.3 is 0 Å². The molecule has 0 spiro atoms. The van der Waals surface area contributed by atoms with Gasteiger partial charge in [-0.15, -0.1) is 0 Å². The number of nitrogens with zero attached hydrogens (tertiary/aromatic N) is 2. The van der Waals surface area contributed by atoms with Crippen molar-refractivity contribution in [1.82, 2.24) is 14.8 Å². The number of benzene rings is 1. The summed E-state index contributed by atoms with van der Waals surface area (Å²) in [6.07, 6.45) is 0. The second kappa shape index (κ2) is 2.45. The highest BCUT2D eigenvalue weighted by Gasteiger charge is 2.02. The quantitative estimate of drug-likeness (QED) is 0.571. The van der Waals surface area contributed by atoms with Gasteiger partial charge in [-0.2, -0.15) is 9.73 Å². The zero-order chi connectivity index (χ0) is 9.54. The van der Waals surface area contributed by atoms with Gasteiger partial charge in [-0.1, -0.05) is 18.2 Å². The fraction of sp³-hybridized carbons (Fsp3) is 0. The molecule has 1 aromatic carbocycles. The Morgan fingerprint density at radius 2 is 2.00 bits per heavy atom. The molecule has 0 unspecified atom stereocenters. The van der Waals surface area contributed by atoms with Gasteiger partial charge < -0.3 is 0 Å². The van der Waals surface area contributed by atoms with Crippen LogP contribution in [0.2, 0.25) is 0 Å². The largest absolute Gasteiger partial charge is 0.268 e. The summed E-state index contributed by atoms with van der Waals surface area (Å²) in [6.45, 7) is 0. The first kappa shape index (κ1) is 7.32. The molecule has 2 aromatic heterocycles. The highest BCUT2D eigenvalue weighted by atomic mass is 16.1. The molecule has 0 atom stereocenters. The van der Waals surface area contributed by atoms with E-state index >= 15 is 0 Å². The molecule has 3 aromatic rings. The standard InChI is InChI=1S/C10H7N3O/c14-10-6-5-9-7-3-1-2-4-8(7)11-13(9)12-10/h1-6H,(H,12,14). The van der Waals surface area contributed by atoms with Crippen LogP contribution >= 0.6 is 0 Å². The molecule has 0 aliphatic rings. The topological polar surface area (TPSA) is 50.2 Å². The van der Waals surface area contributed by atoms with Gasteiger partial charge in [0.1, 0.15) is 0 Å². The van der Waals surface area contributed by atoms with Crippen molar-refractivity contribution in [2.24, 2.45) is 0 Å². The summed E-state index contributed by atoms with van der Waals surface area (Å²) < 4.78 is 1.51. The predicted octanol–water partition coefficient (Wildman–Crippen LogP) is 1.18. The average Bonchev–Trinajstić information content (AvgIpc) is 2.54. The van der Waals surface area contributed by atoms with Crippen molar-refractivity contribution in [3.8, 4) is 0 Å². The Labute approximate surface area is 78.8 Å². The number of nitrogens with one attached hydrogen (secondary N) is 1. The maximum absolute atomic E-state index is 11.0. The van der Waals surface area contributed by atoms with Crippen LogP contribution in [0, 0.1) is 0 Å². The summed E-state index contributed by atoms with van der Waals surface area (Å²) in [5.41, 5.74) is 1.65. The second-order valence-electron chi connectivity index (χ2n) is 3.12. The fourth-order valence-corrected chi connectivity index (χ4v) is 1.60. The number of rotatable bonds is 0. The maximum Gasteiger partial charge on any atom is 0.264 e. The number of aromatic amines is 1. The van der Waals surface area contributed by atoms with Gasteiger partial charge in [-0.3, -0.25) is 4.79 Å². The number of aromatic nitrogens is 3. The van der Waals surface area contributed by atoms with Crippen molar-refractivity contribution in [1.29, 1.82) is 0 Å². The number of hydrogen-bond acceptors (Lipinski definition) is 2. The van der Waals surface area contributed by atoms with Crippen molar-refractivity contribution >= 4 is 16.4 Å². The normalized spacial score (nSPS) is 11.1. The molecular formula is C10H7N3O. The Kier molecular flexibility index (Phi) is 1.28. The van der Waals surface area contributed by atoms with Crippen molar-refractivity contribution in [3.63, 3.8) is 0 Å². The van der Waals surface area contributed by atoms with E-state index in [1.807, 2.05) is 24.3 Å². The molecule has 2 heterocycles. The zero-order valence-electron chi connectivity index (χ0n) is 7.27. The molecule has 0 amide bonds. The summed E-state index contributed by atoms with van der Waals surface area (Å²) in [5.74, 6) is 0. The molecular weight excluding hydrogens is 178 g/mol. The SMILES string of the molecule is O=c1ccc2c3ccccc3nn2[nH]1. The summed E-state index contributed by atoms with van der Waals surface area (Å²) in [7, 11) is 0. The first-order chi connectivity index (χ1) is 6.84. The van der Waals surface area contributed by atoms with E-state index in [1.165, 1.54) is 10.7 Å². The predicted molar refractivity (Wildman–Crippen MR) is 53.3 cm³/mol. The molecule has 0 radical (unpaired) electrons. The van der Waals surface area contributed by atoms with Crippen LogP contribution in [-0.2, 0) is 0 Å². The lowest BCUT2D eigenvalue weighted by atomic mass is 10.2. The number of hydrogen-bond donors (Lipinski definition) is 1. The van der Waals surface area contributed by atoms with Crippen molar-refractivity contribution < 1.29 is 0 Å². The lowest BCUT2D eigenvalue weighted by Crippen LogP contribution is -2.09.